The fourth-order valence-corrected chi connectivity index (χ4v) is 1.98. The minimum absolute atomic E-state index is 0.0348. The first kappa shape index (κ1) is 14.3. The average molecular weight is 277 g/mol. The third-order valence-corrected chi connectivity index (χ3v) is 3.21. The SMILES string of the molecule is CC(C)C(N)C1=NC(=O)C(c2cccc(F)c2)C(=O)N1. The van der Waals surface area contributed by atoms with Crippen LogP contribution in [0.4, 0.5) is 4.39 Å². The maximum absolute atomic E-state index is 13.2. The Morgan fingerprint density at radius 3 is 2.60 bits per heavy atom. The highest BCUT2D eigenvalue weighted by Gasteiger charge is 2.35. The fourth-order valence-electron chi connectivity index (χ4n) is 1.98. The smallest absolute Gasteiger partial charge is 0.264 e. The van der Waals surface area contributed by atoms with Crippen molar-refractivity contribution in [1.29, 1.82) is 0 Å². The molecule has 0 aromatic heterocycles. The van der Waals surface area contributed by atoms with Gasteiger partial charge in [-0.05, 0) is 23.6 Å². The van der Waals surface area contributed by atoms with Crippen molar-refractivity contribution in [2.75, 3.05) is 0 Å². The summed E-state index contributed by atoms with van der Waals surface area (Å²) in [5, 5.41) is 2.54. The molecule has 0 saturated carbocycles. The molecule has 2 atom stereocenters. The van der Waals surface area contributed by atoms with Crippen LogP contribution >= 0.6 is 0 Å². The third-order valence-electron chi connectivity index (χ3n) is 3.21. The van der Waals surface area contributed by atoms with Crippen LogP contribution in [-0.4, -0.2) is 23.7 Å². The third kappa shape index (κ3) is 2.75. The second-order valence-corrected chi connectivity index (χ2v) is 5.08. The molecular weight excluding hydrogens is 261 g/mol. The predicted molar refractivity (Wildman–Crippen MR) is 72.5 cm³/mol. The van der Waals surface area contributed by atoms with E-state index in [0.717, 1.165) is 6.07 Å². The van der Waals surface area contributed by atoms with Crippen LogP contribution in [0.1, 0.15) is 25.3 Å². The van der Waals surface area contributed by atoms with Gasteiger partial charge in [-0.25, -0.2) is 4.39 Å². The van der Waals surface area contributed by atoms with Gasteiger partial charge < -0.3 is 11.1 Å². The van der Waals surface area contributed by atoms with E-state index in [1.165, 1.54) is 18.2 Å². The first-order valence-corrected chi connectivity index (χ1v) is 6.34. The fraction of sp³-hybridized carbons (Fsp3) is 0.357. The number of halogens is 1. The highest BCUT2D eigenvalue weighted by Crippen LogP contribution is 2.22. The molecule has 0 fully saturated rings. The Kier molecular flexibility index (Phi) is 3.94. The van der Waals surface area contributed by atoms with Crippen molar-refractivity contribution >= 4 is 17.6 Å². The van der Waals surface area contributed by atoms with E-state index < -0.39 is 29.6 Å². The lowest BCUT2D eigenvalue weighted by molar-refractivity contribution is -0.129. The summed E-state index contributed by atoms with van der Waals surface area (Å²) in [5.41, 5.74) is 6.15. The van der Waals surface area contributed by atoms with Crippen molar-refractivity contribution < 1.29 is 14.0 Å². The Labute approximate surface area is 116 Å². The van der Waals surface area contributed by atoms with Crippen LogP contribution in [-0.2, 0) is 9.59 Å². The molecule has 1 aliphatic rings. The quantitative estimate of drug-likeness (QED) is 0.807. The van der Waals surface area contributed by atoms with E-state index in [2.05, 4.69) is 10.3 Å². The highest BCUT2D eigenvalue weighted by atomic mass is 19.1. The number of nitrogens with one attached hydrogen (secondary N) is 1. The molecule has 1 aromatic carbocycles. The summed E-state index contributed by atoms with van der Waals surface area (Å²) < 4.78 is 13.2. The predicted octanol–water partition coefficient (Wildman–Crippen LogP) is 0.948. The molecule has 3 N–H and O–H groups in total. The summed E-state index contributed by atoms with van der Waals surface area (Å²) in [6.07, 6.45) is 0. The molecular formula is C14H16FN3O2. The lowest BCUT2D eigenvalue weighted by Gasteiger charge is -2.25. The van der Waals surface area contributed by atoms with Crippen molar-refractivity contribution in [2.24, 2.45) is 16.6 Å². The van der Waals surface area contributed by atoms with Gasteiger partial charge in [0, 0.05) is 0 Å². The molecule has 1 aromatic rings. The van der Waals surface area contributed by atoms with Crippen LogP contribution in [0, 0.1) is 11.7 Å². The molecule has 0 aliphatic carbocycles. The highest BCUT2D eigenvalue weighted by molar-refractivity contribution is 6.20. The molecule has 1 aliphatic heterocycles. The normalized spacial score (nSPS) is 20.6. The van der Waals surface area contributed by atoms with Gasteiger partial charge in [-0.2, -0.15) is 4.99 Å². The van der Waals surface area contributed by atoms with E-state index in [0.29, 0.717) is 0 Å². The first-order valence-electron chi connectivity index (χ1n) is 6.34. The minimum Gasteiger partial charge on any atom is -0.321 e. The summed E-state index contributed by atoms with van der Waals surface area (Å²) in [5.74, 6) is -2.56. The van der Waals surface area contributed by atoms with Crippen LogP contribution < -0.4 is 11.1 Å². The number of nitrogens with zero attached hydrogens (tertiary/aromatic N) is 1. The topological polar surface area (TPSA) is 84.5 Å². The number of amidine groups is 1. The van der Waals surface area contributed by atoms with Crippen LogP contribution in [0.5, 0.6) is 0 Å². The number of hydrogen-bond donors (Lipinski definition) is 2. The zero-order valence-electron chi connectivity index (χ0n) is 11.3. The summed E-state index contributed by atoms with van der Waals surface area (Å²) in [6, 6.07) is 4.86. The number of carbonyl (C=O) groups excluding carboxylic acids is 2. The summed E-state index contributed by atoms with van der Waals surface area (Å²) in [6.45, 7) is 3.73. The molecule has 20 heavy (non-hydrogen) atoms. The monoisotopic (exact) mass is 277 g/mol. The van der Waals surface area contributed by atoms with E-state index in [1.807, 2.05) is 13.8 Å². The Balaban J connectivity index is 2.32. The Morgan fingerprint density at radius 1 is 1.35 bits per heavy atom. The molecule has 0 radical (unpaired) electrons. The van der Waals surface area contributed by atoms with Crippen molar-refractivity contribution in [3.05, 3.63) is 35.6 Å². The van der Waals surface area contributed by atoms with Gasteiger partial charge in [-0.1, -0.05) is 26.0 Å². The van der Waals surface area contributed by atoms with Crippen LogP contribution in [0.25, 0.3) is 0 Å². The van der Waals surface area contributed by atoms with E-state index in [1.54, 1.807) is 0 Å². The summed E-state index contributed by atoms with van der Waals surface area (Å²) in [4.78, 5) is 27.9. The molecule has 6 heteroatoms. The molecule has 5 nitrogen and oxygen atoms in total. The number of nitrogens with two attached hydrogens (primary N) is 1. The van der Waals surface area contributed by atoms with Gasteiger partial charge in [0.05, 0.1) is 6.04 Å². The van der Waals surface area contributed by atoms with Gasteiger partial charge in [-0.3, -0.25) is 9.59 Å². The number of hydrogen-bond acceptors (Lipinski definition) is 3. The molecule has 2 amide bonds. The molecule has 106 valence electrons. The Morgan fingerprint density at radius 2 is 2.05 bits per heavy atom. The zero-order chi connectivity index (χ0) is 14.9. The van der Waals surface area contributed by atoms with Crippen molar-refractivity contribution in [3.63, 3.8) is 0 Å². The first-order chi connectivity index (χ1) is 9.40. The maximum atomic E-state index is 13.2. The van der Waals surface area contributed by atoms with E-state index >= 15 is 0 Å². The van der Waals surface area contributed by atoms with E-state index in [4.69, 9.17) is 5.73 Å². The van der Waals surface area contributed by atoms with E-state index in [9.17, 15) is 14.0 Å². The van der Waals surface area contributed by atoms with Crippen LogP contribution in [0.15, 0.2) is 29.3 Å². The van der Waals surface area contributed by atoms with Gasteiger partial charge in [-0.15, -0.1) is 0 Å². The van der Waals surface area contributed by atoms with Crippen molar-refractivity contribution in [3.8, 4) is 0 Å². The van der Waals surface area contributed by atoms with Gasteiger partial charge in [0.1, 0.15) is 17.6 Å². The van der Waals surface area contributed by atoms with Crippen LogP contribution in [0.2, 0.25) is 0 Å². The molecule has 2 unspecified atom stereocenters. The Hall–Kier alpha value is -2.08. The Bertz CT molecular complexity index is 584. The van der Waals surface area contributed by atoms with Gasteiger partial charge >= 0.3 is 0 Å². The number of amides is 2. The lowest BCUT2D eigenvalue weighted by atomic mass is 9.94. The number of carbonyl (C=O) groups is 2. The van der Waals surface area contributed by atoms with Crippen molar-refractivity contribution in [1.82, 2.24) is 5.32 Å². The van der Waals surface area contributed by atoms with Gasteiger partial charge in [0.15, 0.2) is 0 Å². The lowest BCUT2D eigenvalue weighted by Crippen LogP contribution is -2.52. The maximum Gasteiger partial charge on any atom is 0.264 e. The number of aliphatic imine (C=N–C) groups is 1. The van der Waals surface area contributed by atoms with Crippen LogP contribution in [0.3, 0.4) is 0 Å². The second-order valence-electron chi connectivity index (χ2n) is 5.08. The van der Waals surface area contributed by atoms with Gasteiger partial charge in [0.25, 0.3) is 5.91 Å². The zero-order valence-corrected chi connectivity index (χ0v) is 11.3. The molecule has 1 heterocycles. The second kappa shape index (κ2) is 5.50. The largest absolute Gasteiger partial charge is 0.321 e. The summed E-state index contributed by atoms with van der Waals surface area (Å²) >= 11 is 0. The van der Waals surface area contributed by atoms with Gasteiger partial charge in [0.2, 0.25) is 5.91 Å². The van der Waals surface area contributed by atoms with Crippen molar-refractivity contribution in [2.45, 2.75) is 25.8 Å². The number of rotatable bonds is 3. The average Bonchev–Trinajstić information content (AvgIpc) is 2.36. The molecule has 2 rings (SSSR count). The molecule has 0 spiro atoms. The minimum atomic E-state index is -1.12. The van der Waals surface area contributed by atoms with E-state index in [-0.39, 0.29) is 17.3 Å². The standard InChI is InChI=1S/C14H16FN3O2/c1-7(2)11(16)12-17-13(19)10(14(20)18-12)8-4-3-5-9(15)6-8/h3-7,10-11H,16H2,1-2H3,(H,17,18,19,20). The molecule has 0 saturated heterocycles. The number of benzene rings is 1. The summed E-state index contributed by atoms with van der Waals surface area (Å²) in [7, 11) is 0. The molecule has 0 bridgehead atoms.